The molecule has 23 heavy (non-hydrogen) atoms. The number of hydrogen-bond donors (Lipinski definition) is 2. The fraction of sp³-hybridized carbons (Fsp3) is 0.375. The van der Waals surface area contributed by atoms with Gasteiger partial charge in [0.15, 0.2) is 5.96 Å². The van der Waals surface area contributed by atoms with Gasteiger partial charge in [0.05, 0.1) is 6.54 Å². The van der Waals surface area contributed by atoms with Crippen molar-refractivity contribution in [2.45, 2.75) is 13.0 Å². The second kappa shape index (κ2) is 9.74. The number of aliphatic imine (C=N–C) groups is 1. The summed E-state index contributed by atoms with van der Waals surface area (Å²) in [5, 5.41) is 11.3. The molecular weight excluding hydrogens is 314 g/mol. The molecule has 1 heterocycles. The Bertz CT molecular complexity index is 600. The Hall–Kier alpha value is -2.21. The zero-order valence-electron chi connectivity index (χ0n) is 13.2. The molecule has 0 aliphatic heterocycles. The fourth-order valence-corrected chi connectivity index (χ4v) is 2.18. The van der Waals surface area contributed by atoms with E-state index in [0.29, 0.717) is 18.2 Å². The van der Waals surface area contributed by atoms with Gasteiger partial charge in [0.25, 0.3) is 0 Å². The number of rotatable bonds is 8. The summed E-state index contributed by atoms with van der Waals surface area (Å²) in [6.45, 7) is 2.91. The molecule has 124 valence electrons. The molecule has 0 saturated heterocycles. The van der Waals surface area contributed by atoms with Gasteiger partial charge in [0.2, 0.25) is 0 Å². The van der Waals surface area contributed by atoms with E-state index < -0.39 is 0 Å². The van der Waals surface area contributed by atoms with Crippen LogP contribution in [0.3, 0.4) is 0 Å². The molecule has 0 aliphatic carbocycles. The molecule has 0 atom stereocenters. The Balaban J connectivity index is 1.57. The third kappa shape index (κ3) is 6.61. The lowest BCUT2D eigenvalue weighted by Gasteiger charge is -2.12. The van der Waals surface area contributed by atoms with Gasteiger partial charge >= 0.3 is 0 Å². The highest BCUT2D eigenvalue weighted by Gasteiger charge is 1.98. The van der Waals surface area contributed by atoms with Crippen LogP contribution >= 0.6 is 11.6 Å². The first kappa shape index (κ1) is 17.1. The standard InChI is InChI=1S/C16H22ClN5O/c1-18-16(19-7-3-10-22-11-4-8-21-22)20-9-12-23-15-6-2-5-14(17)13-15/h2,4-6,8,11,13H,3,7,9-10,12H2,1H3,(H2,18,19,20). The predicted octanol–water partition coefficient (Wildman–Crippen LogP) is 2.17. The predicted molar refractivity (Wildman–Crippen MR) is 93.2 cm³/mol. The third-order valence-corrected chi connectivity index (χ3v) is 3.33. The number of halogens is 1. The maximum absolute atomic E-state index is 5.91. The molecule has 0 fully saturated rings. The number of aromatic nitrogens is 2. The van der Waals surface area contributed by atoms with Gasteiger partial charge in [-0.1, -0.05) is 17.7 Å². The van der Waals surface area contributed by atoms with Crippen molar-refractivity contribution in [3.05, 3.63) is 47.7 Å². The zero-order valence-corrected chi connectivity index (χ0v) is 14.0. The van der Waals surface area contributed by atoms with Crippen LogP contribution in [0, 0.1) is 0 Å². The summed E-state index contributed by atoms with van der Waals surface area (Å²) in [5.41, 5.74) is 0. The van der Waals surface area contributed by atoms with Crippen LogP contribution < -0.4 is 15.4 Å². The SMILES string of the molecule is CN=C(NCCCn1cccn1)NCCOc1cccc(Cl)c1. The van der Waals surface area contributed by atoms with Crippen LogP contribution in [0.25, 0.3) is 0 Å². The first-order valence-electron chi connectivity index (χ1n) is 7.58. The number of nitrogens with one attached hydrogen (secondary N) is 2. The minimum atomic E-state index is 0.536. The molecule has 0 amide bonds. The second-order valence-electron chi connectivity index (χ2n) is 4.85. The van der Waals surface area contributed by atoms with Crippen LogP contribution in [0.4, 0.5) is 0 Å². The van der Waals surface area contributed by atoms with Gasteiger partial charge in [0.1, 0.15) is 12.4 Å². The quantitative estimate of drug-likeness (QED) is 0.441. The van der Waals surface area contributed by atoms with E-state index in [1.165, 1.54) is 0 Å². The molecule has 2 N–H and O–H groups in total. The minimum Gasteiger partial charge on any atom is -0.492 e. The zero-order chi connectivity index (χ0) is 16.3. The van der Waals surface area contributed by atoms with E-state index in [0.717, 1.165) is 31.2 Å². The summed E-state index contributed by atoms with van der Waals surface area (Å²) in [4.78, 5) is 4.18. The third-order valence-electron chi connectivity index (χ3n) is 3.10. The molecule has 1 aromatic carbocycles. The van der Waals surface area contributed by atoms with E-state index in [2.05, 4.69) is 20.7 Å². The van der Waals surface area contributed by atoms with Crippen LogP contribution in [0.15, 0.2) is 47.7 Å². The molecule has 2 rings (SSSR count). The molecular formula is C16H22ClN5O. The minimum absolute atomic E-state index is 0.536. The van der Waals surface area contributed by atoms with Crippen molar-refractivity contribution >= 4 is 17.6 Å². The van der Waals surface area contributed by atoms with Crippen LogP contribution in [-0.2, 0) is 6.54 Å². The summed E-state index contributed by atoms with van der Waals surface area (Å²) in [6, 6.07) is 9.29. The topological polar surface area (TPSA) is 63.5 Å². The van der Waals surface area contributed by atoms with E-state index in [-0.39, 0.29) is 0 Å². The van der Waals surface area contributed by atoms with Crippen LogP contribution in [0.5, 0.6) is 5.75 Å². The number of aryl methyl sites for hydroxylation is 1. The largest absolute Gasteiger partial charge is 0.492 e. The summed E-state index contributed by atoms with van der Waals surface area (Å²) >= 11 is 5.91. The maximum atomic E-state index is 5.91. The monoisotopic (exact) mass is 335 g/mol. The van der Waals surface area contributed by atoms with Gasteiger partial charge in [-0.25, -0.2) is 0 Å². The average molecular weight is 336 g/mol. The lowest BCUT2D eigenvalue weighted by Crippen LogP contribution is -2.39. The highest BCUT2D eigenvalue weighted by molar-refractivity contribution is 6.30. The molecule has 7 heteroatoms. The highest BCUT2D eigenvalue weighted by atomic mass is 35.5. The van der Waals surface area contributed by atoms with Crippen molar-refractivity contribution < 1.29 is 4.74 Å². The Kier molecular flexibility index (Phi) is 7.26. The van der Waals surface area contributed by atoms with Gasteiger partial charge in [0, 0.05) is 37.6 Å². The molecule has 2 aromatic rings. The molecule has 1 aromatic heterocycles. The Morgan fingerprint density at radius 3 is 2.91 bits per heavy atom. The summed E-state index contributed by atoms with van der Waals surface area (Å²) in [5.74, 6) is 1.53. The molecule has 0 aliphatic rings. The molecule has 0 bridgehead atoms. The number of hydrogen-bond acceptors (Lipinski definition) is 3. The molecule has 0 radical (unpaired) electrons. The van der Waals surface area contributed by atoms with Crippen molar-refractivity contribution in [1.29, 1.82) is 0 Å². The lowest BCUT2D eigenvalue weighted by molar-refractivity contribution is 0.322. The van der Waals surface area contributed by atoms with Crippen molar-refractivity contribution in [3.8, 4) is 5.75 Å². The Labute approximate surface area is 141 Å². The summed E-state index contributed by atoms with van der Waals surface area (Å²) in [6.07, 6.45) is 4.72. The van der Waals surface area contributed by atoms with E-state index >= 15 is 0 Å². The highest BCUT2D eigenvalue weighted by Crippen LogP contribution is 2.16. The van der Waals surface area contributed by atoms with E-state index in [1.54, 1.807) is 19.3 Å². The van der Waals surface area contributed by atoms with E-state index in [4.69, 9.17) is 16.3 Å². The molecule has 0 saturated carbocycles. The van der Waals surface area contributed by atoms with Crippen LogP contribution in [0.1, 0.15) is 6.42 Å². The fourth-order valence-electron chi connectivity index (χ4n) is 2.00. The lowest BCUT2D eigenvalue weighted by atomic mass is 10.3. The van der Waals surface area contributed by atoms with Gasteiger partial charge in [-0.05, 0) is 30.7 Å². The first-order chi connectivity index (χ1) is 11.3. The molecule has 6 nitrogen and oxygen atoms in total. The number of guanidine groups is 1. The van der Waals surface area contributed by atoms with Crippen molar-refractivity contribution in [2.24, 2.45) is 4.99 Å². The normalized spacial score (nSPS) is 11.3. The Morgan fingerprint density at radius 2 is 2.17 bits per heavy atom. The van der Waals surface area contributed by atoms with Crippen molar-refractivity contribution in [1.82, 2.24) is 20.4 Å². The van der Waals surface area contributed by atoms with E-state index in [9.17, 15) is 0 Å². The first-order valence-corrected chi connectivity index (χ1v) is 7.96. The van der Waals surface area contributed by atoms with Gasteiger partial charge in [-0.2, -0.15) is 5.10 Å². The Morgan fingerprint density at radius 1 is 1.30 bits per heavy atom. The smallest absolute Gasteiger partial charge is 0.191 e. The number of nitrogens with zero attached hydrogens (tertiary/aromatic N) is 3. The van der Waals surface area contributed by atoms with Gasteiger partial charge < -0.3 is 15.4 Å². The maximum Gasteiger partial charge on any atom is 0.191 e. The average Bonchev–Trinajstić information content (AvgIpc) is 3.07. The summed E-state index contributed by atoms with van der Waals surface area (Å²) < 4.78 is 7.53. The van der Waals surface area contributed by atoms with Crippen LogP contribution in [-0.4, -0.2) is 42.5 Å². The van der Waals surface area contributed by atoms with Gasteiger partial charge in [-0.3, -0.25) is 9.67 Å². The molecule has 0 unspecified atom stereocenters. The summed E-state index contributed by atoms with van der Waals surface area (Å²) in [7, 11) is 1.75. The van der Waals surface area contributed by atoms with Crippen molar-refractivity contribution in [2.75, 3.05) is 26.7 Å². The number of ether oxygens (including phenoxy) is 1. The van der Waals surface area contributed by atoms with E-state index in [1.807, 2.05) is 35.1 Å². The van der Waals surface area contributed by atoms with Crippen molar-refractivity contribution in [3.63, 3.8) is 0 Å². The van der Waals surface area contributed by atoms with Gasteiger partial charge in [-0.15, -0.1) is 0 Å². The number of benzene rings is 1. The second-order valence-corrected chi connectivity index (χ2v) is 5.29. The van der Waals surface area contributed by atoms with Crippen LogP contribution in [0.2, 0.25) is 5.02 Å². The molecule has 0 spiro atoms.